The summed E-state index contributed by atoms with van der Waals surface area (Å²) in [4.78, 5) is 0. The van der Waals surface area contributed by atoms with Crippen LogP contribution in [0.4, 0.5) is 0 Å². The standard InChI is InChI=1S/C15H18/c1-4-12-10-11(3)14-8-6-7-9-15(14)13(12)5-2/h6-10H,4-5H2,1-3H3. The normalized spacial score (nSPS) is 10.9. The molecule has 0 aliphatic rings. The summed E-state index contributed by atoms with van der Waals surface area (Å²) in [6.45, 7) is 6.69. The lowest BCUT2D eigenvalue weighted by atomic mass is 9.93. The van der Waals surface area contributed by atoms with Crippen molar-refractivity contribution in [1.29, 1.82) is 0 Å². The highest BCUT2D eigenvalue weighted by Crippen LogP contribution is 2.26. The van der Waals surface area contributed by atoms with Gasteiger partial charge >= 0.3 is 0 Å². The maximum atomic E-state index is 2.35. The fourth-order valence-corrected chi connectivity index (χ4v) is 2.42. The second-order valence-corrected chi connectivity index (χ2v) is 4.08. The van der Waals surface area contributed by atoms with Crippen LogP contribution in [-0.4, -0.2) is 0 Å². The van der Waals surface area contributed by atoms with E-state index in [-0.39, 0.29) is 0 Å². The number of hydrogen-bond donors (Lipinski definition) is 0. The molecule has 0 fully saturated rings. The topological polar surface area (TPSA) is 0 Å². The van der Waals surface area contributed by atoms with Gasteiger partial charge in [0.05, 0.1) is 0 Å². The average Bonchev–Trinajstić information content (AvgIpc) is 2.29. The smallest absolute Gasteiger partial charge is 0.0147 e. The van der Waals surface area contributed by atoms with Gasteiger partial charge in [-0.15, -0.1) is 0 Å². The number of fused-ring (bicyclic) bond motifs is 1. The Labute approximate surface area is 91.9 Å². The van der Waals surface area contributed by atoms with Crippen LogP contribution < -0.4 is 0 Å². The predicted molar refractivity (Wildman–Crippen MR) is 67.4 cm³/mol. The van der Waals surface area contributed by atoms with Gasteiger partial charge in [0.25, 0.3) is 0 Å². The lowest BCUT2D eigenvalue weighted by Crippen LogP contribution is -1.94. The lowest BCUT2D eigenvalue weighted by Gasteiger charge is -2.12. The molecule has 0 heteroatoms. The van der Waals surface area contributed by atoms with Crippen molar-refractivity contribution in [2.24, 2.45) is 0 Å². The van der Waals surface area contributed by atoms with E-state index in [0.29, 0.717) is 0 Å². The molecule has 0 radical (unpaired) electrons. The minimum atomic E-state index is 1.13. The van der Waals surface area contributed by atoms with Gasteiger partial charge in [0.2, 0.25) is 0 Å². The summed E-state index contributed by atoms with van der Waals surface area (Å²) >= 11 is 0. The van der Waals surface area contributed by atoms with Crippen molar-refractivity contribution in [1.82, 2.24) is 0 Å². The number of benzene rings is 2. The van der Waals surface area contributed by atoms with Crippen LogP contribution in [-0.2, 0) is 12.8 Å². The first-order valence-corrected chi connectivity index (χ1v) is 5.78. The number of hydrogen-bond acceptors (Lipinski definition) is 0. The Morgan fingerprint density at radius 2 is 1.60 bits per heavy atom. The van der Waals surface area contributed by atoms with E-state index in [1.165, 1.54) is 27.5 Å². The second-order valence-electron chi connectivity index (χ2n) is 4.08. The first-order valence-electron chi connectivity index (χ1n) is 5.78. The van der Waals surface area contributed by atoms with Crippen LogP contribution in [0.25, 0.3) is 10.8 Å². The molecule has 2 aromatic carbocycles. The van der Waals surface area contributed by atoms with E-state index in [4.69, 9.17) is 0 Å². The van der Waals surface area contributed by atoms with Gasteiger partial charge in [-0.05, 0) is 47.2 Å². The molecule has 2 rings (SSSR count). The average molecular weight is 198 g/mol. The van der Waals surface area contributed by atoms with E-state index in [1.54, 1.807) is 0 Å². The number of rotatable bonds is 2. The van der Waals surface area contributed by atoms with Crippen LogP contribution in [0.3, 0.4) is 0 Å². The lowest BCUT2D eigenvalue weighted by molar-refractivity contribution is 1.05. The highest BCUT2D eigenvalue weighted by molar-refractivity contribution is 5.89. The second kappa shape index (κ2) is 4.06. The van der Waals surface area contributed by atoms with Gasteiger partial charge < -0.3 is 0 Å². The van der Waals surface area contributed by atoms with Crippen molar-refractivity contribution in [3.05, 3.63) is 47.0 Å². The minimum Gasteiger partial charge on any atom is -0.0616 e. The fraction of sp³-hybridized carbons (Fsp3) is 0.333. The predicted octanol–water partition coefficient (Wildman–Crippen LogP) is 4.27. The third kappa shape index (κ3) is 1.65. The largest absolute Gasteiger partial charge is 0.0616 e. The summed E-state index contributed by atoms with van der Waals surface area (Å²) in [5.74, 6) is 0. The van der Waals surface area contributed by atoms with Crippen LogP contribution in [0.15, 0.2) is 30.3 Å². The molecule has 0 saturated carbocycles. The maximum absolute atomic E-state index is 2.35. The minimum absolute atomic E-state index is 1.13. The van der Waals surface area contributed by atoms with E-state index in [9.17, 15) is 0 Å². The molecule has 0 unspecified atom stereocenters. The van der Waals surface area contributed by atoms with Crippen LogP contribution in [0.5, 0.6) is 0 Å². The molecule has 0 saturated heterocycles. The zero-order valence-corrected chi connectivity index (χ0v) is 9.80. The third-order valence-corrected chi connectivity index (χ3v) is 3.19. The van der Waals surface area contributed by atoms with Gasteiger partial charge in [0.1, 0.15) is 0 Å². The molecule has 0 atom stereocenters. The molecule has 0 N–H and O–H groups in total. The Kier molecular flexibility index (Phi) is 2.77. The summed E-state index contributed by atoms with van der Waals surface area (Å²) in [6, 6.07) is 11.1. The van der Waals surface area contributed by atoms with Gasteiger partial charge in [-0.2, -0.15) is 0 Å². The first kappa shape index (κ1) is 10.2. The van der Waals surface area contributed by atoms with Gasteiger partial charge in [0, 0.05) is 0 Å². The van der Waals surface area contributed by atoms with E-state index < -0.39 is 0 Å². The van der Waals surface area contributed by atoms with Crippen LogP contribution in [0.1, 0.15) is 30.5 Å². The van der Waals surface area contributed by atoms with E-state index >= 15 is 0 Å². The quantitative estimate of drug-likeness (QED) is 0.676. The molecular weight excluding hydrogens is 180 g/mol. The summed E-state index contributed by atoms with van der Waals surface area (Å²) < 4.78 is 0. The Hall–Kier alpha value is -1.30. The summed E-state index contributed by atoms with van der Waals surface area (Å²) in [5.41, 5.74) is 4.44. The van der Waals surface area contributed by atoms with Crippen LogP contribution in [0.2, 0.25) is 0 Å². The highest BCUT2D eigenvalue weighted by atomic mass is 14.1. The highest BCUT2D eigenvalue weighted by Gasteiger charge is 2.06. The molecule has 0 aromatic heterocycles. The summed E-state index contributed by atoms with van der Waals surface area (Å²) in [6.07, 6.45) is 2.26. The van der Waals surface area contributed by atoms with E-state index in [1.807, 2.05) is 0 Å². The SMILES string of the molecule is CCc1cc(C)c2ccccc2c1CC. The van der Waals surface area contributed by atoms with Crippen molar-refractivity contribution in [2.75, 3.05) is 0 Å². The molecule has 0 bridgehead atoms. The molecule has 0 heterocycles. The van der Waals surface area contributed by atoms with Crippen LogP contribution >= 0.6 is 0 Å². The van der Waals surface area contributed by atoms with E-state index in [0.717, 1.165) is 12.8 Å². The first-order chi connectivity index (χ1) is 7.27. The van der Waals surface area contributed by atoms with Gasteiger partial charge in [0.15, 0.2) is 0 Å². The molecule has 2 aromatic rings. The van der Waals surface area contributed by atoms with Crippen molar-refractivity contribution in [2.45, 2.75) is 33.6 Å². The van der Waals surface area contributed by atoms with Gasteiger partial charge in [-0.1, -0.05) is 44.2 Å². The van der Waals surface area contributed by atoms with Gasteiger partial charge in [-0.25, -0.2) is 0 Å². The third-order valence-electron chi connectivity index (χ3n) is 3.19. The maximum Gasteiger partial charge on any atom is -0.0147 e. The molecular formula is C15H18. The zero-order valence-electron chi connectivity index (χ0n) is 9.80. The Balaban J connectivity index is 2.85. The molecule has 0 nitrogen and oxygen atoms in total. The molecule has 0 aliphatic heterocycles. The zero-order chi connectivity index (χ0) is 10.8. The van der Waals surface area contributed by atoms with Crippen molar-refractivity contribution < 1.29 is 0 Å². The molecule has 0 aliphatic carbocycles. The van der Waals surface area contributed by atoms with Crippen molar-refractivity contribution in [3.63, 3.8) is 0 Å². The molecule has 15 heavy (non-hydrogen) atoms. The van der Waals surface area contributed by atoms with Crippen LogP contribution in [0, 0.1) is 6.92 Å². The monoisotopic (exact) mass is 198 g/mol. The van der Waals surface area contributed by atoms with E-state index in [2.05, 4.69) is 51.1 Å². The van der Waals surface area contributed by atoms with Crippen molar-refractivity contribution in [3.8, 4) is 0 Å². The van der Waals surface area contributed by atoms with Crippen molar-refractivity contribution >= 4 is 10.8 Å². The summed E-state index contributed by atoms with van der Waals surface area (Å²) in [7, 11) is 0. The fourth-order valence-electron chi connectivity index (χ4n) is 2.42. The molecule has 0 spiro atoms. The Morgan fingerprint density at radius 3 is 2.20 bits per heavy atom. The van der Waals surface area contributed by atoms with Gasteiger partial charge in [-0.3, -0.25) is 0 Å². The number of aryl methyl sites for hydroxylation is 3. The molecule has 0 amide bonds. The summed E-state index contributed by atoms with van der Waals surface area (Å²) in [5, 5.41) is 2.85. The Morgan fingerprint density at radius 1 is 0.933 bits per heavy atom. The molecule has 78 valence electrons. The Bertz CT molecular complexity index is 481.